The molecule has 0 aromatic heterocycles. The summed E-state index contributed by atoms with van der Waals surface area (Å²) in [4.78, 5) is 52.0. The van der Waals surface area contributed by atoms with Gasteiger partial charge in [0.25, 0.3) is 5.91 Å². The third kappa shape index (κ3) is 4.60. The van der Waals surface area contributed by atoms with Crippen LogP contribution in [0, 0.1) is 0 Å². The van der Waals surface area contributed by atoms with Crippen molar-refractivity contribution >= 4 is 23.8 Å². The van der Waals surface area contributed by atoms with Gasteiger partial charge >= 0.3 is 11.9 Å². The Bertz CT molecular complexity index is 926. The highest BCUT2D eigenvalue weighted by atomic mass is 16.7. The highest BCUT2D eigenvalue weighted by molar-refractivity contribution is 6.02. The van der Waals surface area contributed by atoms with E-state index in [2.05, 4.69) is 29.6 Å². The molecule has 29 heavy (non-hydrogen) atoms. The molecule has 150 valence electrons. The van der Waals surface area contributed by atoms with Gasteiger partial charge in [-0.2, -0.15) is 5.06 Å². The van der Waals surface area contributed by atoms with Crippen molar-refractivity contribution in [1.82, 2.24) is 10.4 Å². The van der Waals surface area contributed by atoms with Crippen LogP contribution >= 0.6 is 0 Å². The highest BCUT2D eigenvalue weighted by Gasteiger charge is 2.56. The Hall–Kier alpha value is -3.68. The number of β-lactam (4-membered cyclic amide) rings is 1. The van der Waals surface area contributed by atoms with Crippen LogP contribution in [-0.2, 0) is 24.0 Å². The van der Waals surface area contributed by atoms with Gasteiger partial charge in [0.05, 0.1) is 12.2 Å². The lowest BCUT2D eigenvalue weighted by atomic mass is 9.98. The second-order valence-corrected chi connectivity index (χ2v) is 6.36. The Labute approximate surface area is 167 Å². The zero-order chi connectivity index (χ0) is 21.0. The molecule has 0 spiro atoms. The minimum absolute atomic E-state index is 0.0940. The summed E-state index contributed by atoms with van der Waals surface area (Å²) in [5, 5.41) is 2.97. The summed E-state index contributed by atoms with van der Waals surface area (Å²) in [6.07, 6.45) is 0. The van der Waals surface area contributed by atoms with Gasteiger partial charge in [-0.3, -0.25) is 9.59 Å². The standard InChI is InChI=1S/C15H16N2O6.C6H4/c1-3-22-15(21)12-11(16-9(2)18)13(19)17(12)23-14(20)10-7-5-4-6-8-10;1-2-5-4-6(5)3-1/h4-8,11-12H,3H2,1-2H3,(H,16,18);1-4H. The van der Waals surface area contributed by atoms with Crippen molar-refractivity contribution in [1.29, 1.82) is 0 Å². The number of esters is 1. The third-order valence-electron chi connectivity index (χ3n) is 4.24. The first-order valence-electron chi connectivity index (χ1n) is 9.07. The fourth-order valence-electron chi connectivity index (χ4n) is 2.78. The van der Waals surface area contributed by atoms with Gasteiger partial charge < -0.3 is 14.9 Å². The molecule has 1 aliphatic heterocycles. The Morgan fingerprint density at radius 1 is 1.03 bits per heavy atom. The molecule has 1 N–H and O–H groups in total. The smallest absolute Gasteiger partial charge is 0.363 e. The Morgan fingerprint density at radius 3 is 2.17 bits per heavy atom. The van der Waals surface area contributed by atoms with Gasteiger partial charge in [0.15, 0.2) is 6.04 Å². The minimum Gasteiger partial charge on any atom is -0.464 e. The molecular weight excluding hydrogens is 376 g/mol. The Balaban J connectivity index is 0.000000334. The number of ether oxygens (including phenoxy) is 1. The average Bonchev–Trinajstić information content (AvgIpc) is 3.32. The summed E-state index contributed by atoms with van der Waals surface area (Å²) in [5.41, 5.74) is 3.08. The number of hydrogen-bond acceptors (Lipinski definition) is 6. The lowest BCUT2D eigenvalue weighted by Gasteiger charge is -2.42. The molecule has 2 amide bonds. The maximum atomic E-state index is 12.0. The van der Waals surface area contributed by atoms with E-state index in [-0.39, 0.29) is 12.2 Å². The van der Waals surface area contributed by atoms with E-state index >= 15 is 0 Å². The molecule has 1 saturated heterocycles. The predicted molar refractivity (Wildman–Crippen MR) is 102 cm³/mol. The summed E-state index contributed by atoms with van der Waals surface area (Å²) in [5.74, 6) is -2.71. The number of rotatable bonds is 5. The molecular formula is C21H20N2O6. The quantitative estimate of drug-likeness (QED) is 0.520. The molecule has 1 fully saturated rings. The zero-order valence-electron chi connectivity index (χ0n) is 16.0. The minimum atomic E-state index is -1.20. The molecule has 0 bridgehead atoms. The molecule has 8 heteroatoms. The van der Waals surface area contributed by atoms with E-state index in [9.17, 15) is 19.2 Å². The van der Waals surface area contributed by atoms with Gasteiger partial charge in [0.2, 0.25) is 5.91 Å². The summed E-state index contributed by atoms with van der Waals surface area (Å²) in [6.45, 7) is 2.91. The summed E-state index contributed by atoms with van der Waals surface area (Å²) >= 11 is 0. The second kappa shape index (κ2) is 8.55. The summed E-state index contributed by atoms with van der Waals surface area (Å²) < 4.78 is 4.85. The lowest BCUT2D eigenvalue weighted by molar-refractivity contribution is -0.218. The molecule has 0 radical (unpaired) electrons. The number of carbonyl (C=O) groups is 4. The molecule has 2 aliphatic carbocycles. The van der Waals surface area contributed by atoms with Crippen LogP contribution in [0.5, 0.6) is 0 Å². The van der Waals surface area contributed by atoms with Gasteiger partial charge in [-0.1, -0.05) is 36.4 Å². The Kier molecular flexibility index (Phi) is 5.92. The topological polar surface area (TPSA) is 102 Å². The average molecular weight is 396 g/mol. The normalized spacial score (nSPS) is 17.9. The molecule has 3 aliphatic rings. The third-order valence-corrected chi connectivity index (χ3v) is 4.24. The molecule has 0 saturated carbocycles. The van der Waals surface area contributed by atoms with Crippen LogP contribution in [0.25, 0.3) is 11.1 Å². The van der Waals surface area contributed by atoms with Gasteiger partial charge in [0, 0.05) is 6.92 Å². The van der Waals surface area contributed by atoms with Gasteiger partial charge in [-0.25, -0.2) is 9.59 Å². The van der Waals surface area contributed by atoms with E-state index in [1.54, 1.807) is 25.1 Å². The fourth-order valence-corrected chi connectivity index (χ4v) is 2.78. The number of nitrogens with zero attached hydrogens (tertiary/aromatic N) is 1. The summed E-state index contributed by atoms with van der Waals surface area (Å²) in [6, 6.07) is 14.2. The number of hydrogen-bond donors (Lipinski definition) is 1. The van der Waals surface area contributed by atoms with Crippen LogP contribution in [0.2, 0.25) is 0 Å². The first-order valence-corrected chi connectivity index (χ1v) is 9.07. The molecule has 2 unspecified atom stereocenters. The number of carbonyl (C=O) groups excluding carboxylic acids is 4. The zero-order valence-corrected chi connectivity index (χ0v) is 16.0. The molecule has 2 atom stereocenters. The van der Waals surface area contributed by atoms with Gasteiger partial charge in [-0.05, 0) is 36.2 Å². The molecule has 1 heterocycles. The number of nitrogens with one attached hydrogen (secondary N) is 1. The molecule has 8 nitrogen and oxygen atoms in total. The van der Waals surface area contributed by atoms with E-state index < -0.39 is 35.8 Å². The number of benzene rings is 2. The lowest BCUT2D eigenvalue weighted by Crippen LogP contribution is -2.73. The highest BCUT2D eigenvalue weighted by Crippen LogP contribution is 2.32. The number of hydroxylamine groups is 2. The predicted octanol–water partition coefficient (Wildman–Crippen LogP) is 1.70. The monoisotopic (exact) mass is 396 g/mol. The summed E-state index contributed by atoms with van der Waals surface area (Å²) in [7, 11) is 0. The van der Waals surface area contributed by atoms with Crippen LogP contribution in [0.3, 0.4) is 0 Å². The van der Waals surface area contributed by atoms with E-state index in [4.69, 9.17) is 9.57 Å². The van der Waals surface area contributed by atoms with Crippen molar-refractivity contribution < 1.29 is 28.8 Å². The van der Waals surface area contributed by atoms with Crippen molar-refractivity contribution in [3.05, 3.63) is 60.2 Å². The maximum Gasteiger partial charge on any atom is 0.363 e. The SMILES string of the molecule is CCOC(=O)C1C(NC(C)=O)C(=O)N1OC(=O)c1ccccc1.c1cc2cc-2c1. The molecule has 4 rings (SSSR count). The van der Waals surface area contributed by atoms with E-state index in [1.807, 2.05) is 0 Å². The maximum absolute atomic E-state index is 12.0. The molecule has 1 aromatic carbocycles. The largest absolute Gasteiger partial charge is 0.464 e. The van der Waals surface area contributed by atoms with Crippen LogP contribution in [0.15, 0.2) is 54.6 Å². The first-order chi connectivity index (χ1) is 13.9. The van der Waals surface area contributed by atoms with Crippen LogP contribution < -0.4 is 5.32 Å². The Morgan fingerprint density at radius 2 is 1.69 bits per heavy atom. The van der Waals surface area contributed by atoms with Crippen LogP contribution in [0.4, 0.5) is 0 Å². The van der Waals surface area contributed by atoms with Gasteiger partial charge in [-0.15, -0.1) is 0 Å². The number of amides is 2. The van der Waals surface area contributed by atoms with E-state index in [0.29, 0.717) is 5.06 Å². The van der Waals surface area contributed by atoms with Crippen molar-refractivity contribution in [3.8, 4) is 11.1 Å². The van der Waals surface area contributed by atoms with Crippen molar-refractivity contribution in [2.75, 3.05) is 6.61 Å². The molecule has 1 aromatic rings. The van der Waals surface area contributed by atoms with Crippen molar-refractivity contribution in [2.24, 2.45) is 0 Å². The van der Waals surface area contributed by atoms with Crippen LogP contribution in [0.1, 0.15) is 24.2 Å². The van der Waals surface area contributed by atoms with Gasteiger partial charge in [0.1, 0.15) is 6.04 Å². The van der Waals surface area contributed by atoms with Crippen molar-refractivity contribution in [2.45, 2.75) is 25.9 Å². The first kappa shape index (κ1) is 20.1. The number of fused-ring (bicyclic) bond motifs is 1. The van der Waals surface area contributed by atoms with Crippen molar-refractivity contribution in [3.63, 3.8) is 0 Å². The van der Waals surface area contributed by atoms with E-state index in [0.717, 1.165) is 0 Å². The fraction of sp³-hybridized carbons (Fsp3) is 0.238. The second-order valence-electron chi connectivity index (χ2n) is 6.36. The van der Waals surface area contributed by atoms with Crippen LogP contribution in [-0.4, -0.2) is 47.5 Å². The van der Waals surface area contributed by atoms with E-state index in [1.165, 1.54) is 30.2 Å².